The molecule has 0 spiro atoms. The average Bonchev–Trinajstić information content (AvgIpc) is 3.30. The number of aryl methyl sites for hydroxylation is 1. The molecule has 1 N–H and O–H groups in total. The quantitative estimate of drug-likeness (QED) is 0.588. The van der Waals surface area contributed by atoms with Crippen LogP contribution in [0.3, 0.4) is 0 Å². The van der Waals surface area contributed by atoms with Crippen molar-refractivity contribution in [2.45, 2.75) is 20.5 Å². The van der Waals surface area contributed by atoms with Crippen LogP contribution in [0.15, 0.2) is 41.2 Å². The number of nitrogens with zero attached hydrogens (tertiary/aromatic N) is 1. The van der Waals surface area contributed by atoms with Crippen LogP contribution in [0.4, 0.5) is 5.00 Å². The van der Waals surface area contributed by atoms with Crippen LogP contribution in [-0.4, -0.2) is 23.5 Å². The molecule has 1 aromatic carbocycles. The van der Waals surface area contributed by atoms with Gasteiger partial charge in [-0.1, -0.05) is 6.07 Å². The van der Waals surface area contributed by atoms with Gasteiger partial charge in [0.25, 0.3) is 5.91 Å². The van der Waals surface area contributed by atoms with Crippen molar-refractivity contribution in [3.63, 3.8) is 0 Å². The summed E-state index contributed by atoms with van der Waals surface area (Å²) in [7, 11) is 0. The Kier molecular flexibility index (Phi) is 6.20. The van der Waals surface area contributed by atoms with Crippen LogP contribution in [0.1, 0.15) is 38.2 Å². The third kappa shape index (κ3) is 4.93. The fraction of sp³-hybridized carbons (Fsp3) is 0.211. The van der Waals surface area contributed by atoms with Gasteiger partial charge >= 0.3 is 5.97 Å². The number of amides is 1. The van der Waals surface area contributed by atoms with Gasteiger partial charge in [-0.25, -0.2) is 9.78 Å². The second-order valence-corrected chi connectivity index (χ2v) is 7.55. The molecule has 2 aromatic heterocycles. The lowest BCUT2D eigenvalue weighted by molar-refractivity contribution is 0.0528. The van der Waals surface area contributed by atoms with Crippen LogP contribution >= 0.6 is 22.7 Å². The topological polar surface area (TPSA) is 77.5 Å². The van der Waals surface area contributed by atoms with Gasteiger partial charge in [0.05, 0.1) is 23.4 Å². The van der Waals surface area contributed by atoms with E-state index in [-0.39, 0.29) is 12.5 Å². The first-order valence-corrected chi connectivity index (χ1v) is 10.0. The van der Waals surface area contributed by atoms with Crippen molar-refractivity contribution in [3.8, 4) is 5.75 Å². The van der Waals surface area contributed by atoms with Crippen LogP contribution in [-0.2, 0) is 11.3 Å². The number of nitrogens with one attached hydrogen (secondary N) is 1. The van der Waals surface area contributed by atoms with E-state index in [4.69, 9.17) is 9.47 Å². The smallest absolute Gasteiger partial charge is 0.341 e. The number of hydrogen-bond donors (Lipinski definition) is 1. The van der Waals surface area contributed by atoms with E-state index < -0.39 is 5.97 Å². The number of thiophene rings is 1. The highest BCUT2D eigenvalue weighted by molar-refractivity contribution is 7.16. The molecule has 8 heteroatoms. The first-order chi connectivity index (χ1) is 13.1. The summed E-state index contributed by atoms with van der Waals surface area (Å²) in [6.45, 7) is 4.23. The summed E-state index contributed by atoms with van der Waals surface area (Å²) < 4.78 is 10.7. The number of aromatic nitrogens is 1. The molecule has 3 aromatic rings. The van der Waals surface area contributed by atoms with E-state index in [1.807, 2.05) is 12.3 Å². The molecular weight excluding hydrogens is 384 g/mol. The van der Waals surface area contributed by atoms with E-state index in [1.54, 1.807) is 42.8 Å². The molecule has 2 heterocycles. The maximum Gasteiger partial charge on any atom is 0.341 e. The highest BCUT2D eigenvalue weighted by Gasteiger charge is 2.18. The van der Waals surface area contributed by atoms with E-state index in [1.165, 1.54) is 22.7 Å². The van der Waals surface area contributed by atoms with Crippen molar-refractivity contribution >= 4 is 39.6 Å². The van der Waals surface area contributed by atoms with Gasteiger partial charge in [0.2, 0.25) is 0 Å². The molecule has 1 amide bonds. The SMILES string of the molecule is CCOC(=O)c1cc(C)sc1NC(=O)c1cccc(OCc2cscn2)c1. The van der Waals surface area contributed by atoms with Crippen molar-refractivity contribution in [2.75, 3.05) is 11.9 Å². The van der Waals surface area contributed by atoms with Gasteiger partial charge in [-0.15, -0.1) is 22.7 Å². The molecule has 0 radical (unpaired) electrons. The summed E-state index contributed by atoms with van der Waals surface area (Å²) in [5.74, 6) is -0.192. The molecule has 0 aliphatic carbocycles. The largest absolute Gasteiger partial charge is 0.487 e. The lowest BCUT2D eigenvalue weighted by Crippen LogP contribution is -2.14. The highest BCUT2D eigenvalue weighted by Crippen LogP contribution is 2.29. The maximum absolute atomic E-state index is 12.6. The number of anilines is 1. The van der Waals surface area contributed by atoms with Gasteiger partial charge in [0.15, 0.2) is 0 Å². The first kappa shape index (κ1) is 19.1. The monoisotopic (exact) mass is 402 g/mol. The molecule has 0 bridgehead atoms. The normalized spacial score (nSPS) is 10.4. The zero-order chi connectivity index (χ0) is 19.2. The number of thiazole rings is 1. The third-order valence-corrected chi connectivity index (χ3v) is 5.15. The Morgan fingerprint density at radius 2 is 2.11 bits per heavy atom. The van der Waals surface area contributed by atoms with Gasteiger partial charge in [0, 0.05) is 15.8 Å². The Morgan fingerprint density at radius 1 is 1.26 bits per heavy atom. The zero-order valence-corrected chi connectivity index (χ0v) is 16.5. The molecule has 0 unspecified atom stereocenters. The number of hydrogen-bond acceptors (Lipinski definition) is 7. The number of esters is 1. The number of carbonyl (C=O) groups is 2. The second kappa shape index (κ2) is 8.79. The minimum Gasteiger partial charge on any atom is -0.487 e. The summed E-state index contributed by atoms with van der Waals surface area (Å²) in [5.41, 5.74) is 3.38. The molecule has 0 aliphatic heterocycles. The van der Waals surface area contributed by atoms with E-state index in [0.29, 0.717) is 28.5 Å². The van der Waals surface area contributed by atoms with Crippen molar-refractivity contribution < 1.29 is 19.1 Å². The molecule has 6 nitrogen and oxygen atoms in total. The van der Waals surface area contributed by atoms with Crippen molar-refractivity contribution in [1.29, 1.82) is 0 Å². The van der Waals surface area contributed by atoms with Crippen molar-refractivity contribution in [3.05, 3.63) is 62.9 Å². The van der Waals surface area contributed by atoms with Gasteiger partial charge in [-0.3, -0.25) is 4.79 Å². The molecule has 27 heavy (non-hydrogen) atoms. The van der Waals surface area contributed by atoms with Gasteiger partial charge in [-0.05, 0) is 38.1 Å². The van der Waals surface area contributed by atoms with Gasteiger partial charge in [0.1, 0.15) is 17.4 Å². The number of carbonyl (C=O) groups excluding carboxylic acids is 2. The summed E-state index contributed by atoms with van der Waals surface area (Å²) >= 11 is 2.83. The van der Waals surface area contributed by atoms with Gasteiger partial charge < -0.3 is 14.8 Å². The number of rotatable bonds is 7. The fourth-order valence-electron chi connectivity index (χ4n) is 2.34. The molecule has 0 atom stereocenters. The van der Waals surface area contributed by atoms with E-state index in [9.17, 15) is 9.59 Å². The summed E-state index contributed by atoms with van der Waals surface area (Å²) in [4.78, 5) is 29.7. The maximum atomic E-state index is 12.6. The third-order valence-electron chi connectivity index (χ3n) is 3.54. The minimum atomic E-state index is -0.447. The molecule has 0 aliphatic rings. The zero-order valence-electron chi connectivity index (χ0n) is 14.9. The van der Waals surface area contributed by atoms with E-state index in [0.717, 1.165) is 10.6 Å². The molecule has 3 rings (SSSR count). The molecular formula is C19H18N2O4S2. The van der Waals surface area contributed by atoms with Crippen molar-refractivity contribution in [1.82, 2.24) is 4.98 Å². The molecule has 140 valence electrons. The fourth-order valence-corrected chi connectivity index (χ4v) is 3.77. The number of ether oxygens (including phenoxy) is 2. The Balaban J connectivity index is 1.71. The van der Waals surface area contributed by atoms with Gasteiger partial charge in [-0.2, -0.15) is 0 Å². The summed E-state index contributed by atoms with van der Waals surface area (Å²) in [5, 5.41) is 5.18. The van der Waals surface area contributed by atoms with Crippen LogP contribution in [0.5, 0.6) is 5.75 Å². The standard InChI is InChI=1S/C19H18N2O4S2/c1-3-24-19(23)16-7-12(2)27-18(16)21-17(22)13-5-4-6-15(8-13)25-9-14-10-26-11-20-14/h4-8,10-11H,3,9H2,1-2H3,(H,21,22). The van der Waals surface area contributed by atoms with Crippen LogP contribution in [0, 0.1) is 6.92 Å². The Bertz CT molecular complexity index is 935. The summed E-state index contributed by atoms with van der Waals surface area (Å²) in [6.07, 6.45) is 0. The molecule has 0 saturated heterocycles. The Hall–Kier alpha value is -2.71. The predicted molar refractivity (Wildman–Crippen MR) is 106 cm³/mol. The first-order valence-electron chi connectivity index (χ1n) is 8.25. The second-order valence-electron chi connectivity index (χ2n) is 5.57. The average molecular weight is 402 g/mol. The highest BCUT2D eigenvalue weighted by atomic mass is 32.1. The van der Waals surface area contributed by atoms with E-state index >= 15 is 0 Å². The number of benzene rings is 1. The van der Waals surface area contributed by atoms with Crippen LogP contribution in [0.2, 0.25) is 0 Å². The predicted octanol–water partition coefficient (Wildman–Crippen LogP) is 4.52. The summed E-state index contributed by atoms with van der Waals surface area (Å²) in [6, 6.07) is 8.59. The van der Waals surface area contributed by atoms with Crippen molar-refractivity contribution in [2.24, 2.45) is 0 Å². The lowest BCUT2D eigenvalue weighted by atomic mass is 10.2. The lowest BCUT2D eigenvalue weighted by Gasteiger charge is -2.08. The van der Waals surface area contributed by atoms with Crippen LogP contribution < -0.4 is 10.1 Å². The Labute approximate surface area is 164 Å². The van der Waals surface area contributed by atoms with Crippen LogP contribution in [0.25, 0.3) is 0 Å². The Morgan fingerprint density at radius 3 is 2.85 bits per heavy atom. The minimum absolute atomic E-state index is 0.277. The molecule has 0 fully saturated rings. The molecule has 0 saturated carbocycles. The van der Waals surface area contributed by atoms with E-state index in [2.05, 4.69) is 10.3 Å².